The van der Waals surface area contributed by atoms with E-state index in [2.05, 4.69) is 17.3 Å². The van der Waals surface area contributed by atoms with E-state index >= 15 is 0 Å². The van der Waals surface area contributed by atoms with Gasteiger partial charge in [-0.1, -0.05) is 31.5 Å². The van der Waals surface area contributed by atoms with Crippen LogP contribution >= 0.6 is 11.8 Å². The van der Waals surface area contributed by atoms with Gasteiger partial charge in [0.05, 0.1) is 11.4 Å². The van der Waals surface area contributed by atoms with Crippen LogP contribution < -0.4 is 10.3 Å². The molecule has 3 rings (SSSR count). The Morgan fingerprint density at radius 2 is 1.84 bits per heavy atom. The maximum atomic E-state index is 12.8. The molecule has 1 N–H and O–H groups in total. The van der Waals surface area contributed by atoms with Crippen LogP contribution in [0.4, 0.5) is 11.4 Å². The van der Waals surface area contributed by atoms with Gasteiger partial charge in [-0.3, -0.25) is 4.79 Å². The highest BCUT2D eigenvalue weighted by Crippen LogP contribution is 2.32. The standard InChI is InChI=1S/C20H23N3OS/c1-3-4-14-21-16-10-12-17(13-11-16)23-20(24)19(15(2)22-23)25-18-8-6-5-7-9-18/h5-13,19,21H,3-4,14H2,1-2H3. The first-order chi connectivity index (χ1) is 12.2. The SMILES string of the molecule is CCCCNc1ccc(N2N=C(C)C(Sc3ccccc3)C2=O)cc1. The lowest BCUT2D eigenvalue weighted by atomic mass is 10.2. The summed E-state index contributed by atoms with van der Waals surface area (Å²) in [4.78, 5) is 13.9. The van der Waals surface area contributed by atoms with Crippen LogP contribution in [0.15, 0.2) is 64.6 Å². The average Bonchev–Trinajstić information content (AvgIpc) is 2.92. The molecule has 0 aliphatic carbocycles. The summed E-state index contributed by atoms with van der Waals surface area (Å²) >= 11 is 1.55. The molecular weight excluding hydrogens is 330 g/mol. The predicted octanol–water partition coefficient (Wildman–Crippen LogP) is 4.78. The van der Waals surface area contributed by atoms with E-state index in [0.29, 0.717) is 0 Å². The molecule has 25 heavy (non-hydrogen) atoms. The number of nitrogens with one attached hydrogen (secondary N) is 1. The smallest absolute Gasteiger partial charge is 0.266 e. The Morgan fingerprint density at radius 1 is 1.12 bits per heavy atom. The fourth-order valence-electron chi connectivity index (χ4n) is 2.64. The number of anilines is 2. The molecule has 1 aliphatic heterocycles. The van der Waals surface area contributed by atoms with Crippen LogP contribution in [0.5, 0.6) is 0 Å². The molecule has 0 aromatic heterocycles. The summed E-state index contributed by atoms with van der Waals surface area (Å²) in [6.45, 7) is 5.05. The molecule has 2 aromatic carbocycles. The van der Waals surface area contributed by atoms with Crippen molar-refractivity contribution in [2.24, 2.45) is 5.10 Å². The molecule has 5 heteroatoms. The summed E-state index contributed by atoms with van der Waals surface area (Å²) in [5, 5.41) is 9.12. The Balaban J connectivity index is 1.68. The van der Waals surface area contributed by atoms with Crippen LogP contribution in [0, 0.1) is 0 Å². The number of nitrogens with zero attached hydrogens (tertiary/aromatic N) is 2. The third kappa shape index (κ3) is 4.23. The number of hydrazone groups is 1. The topological polar surface area (TPSA) is 44.7 Å². The summed E-state index contributed by atoms with van der Waals surface area (Å²) in [7, 11) is 0. The van der Waals surface area contributed by atoms with Gasteiger partial charge in [-0.15, -0.1) is 11.8 Å². The maximum Gasteiger partial charge on any atom is 0.266 e. The number of amides is 1. The Hall–Kier alpha value is -2.27. The van der Waals surface area contributed by atoms with Crippen LogP contribution in [0.2, 0.25) is 0 Å². The van der Waals surface area contributed by atoms with Gasteiger partial charge >= 0.3 is 0 Å². The van der Waals surface area contributed by atoms with Crippen molar-refractivity contribution in [1.82, 2.24) is 0 Å². The number of benzene rings is 2. The summed E-state index contributed by atoms with van der Waals surface area (Å²) in [6, 6.07) is 17.9. The lowest BCUT2D eigenvalue weighted by Crippen LogP contribution is -2.29. The summed E-state index contributed by atoms with van der Waals surface area (Å²) in [6.07, 6.45) is 2.32. The van der Waals surface area contributed by atoms with Crippen molar-refractivity contribution in [2.75, 3.05) is 16.9 Å². The summed E-state index contributed by atoms with van der Waals surface area (Å²) in [5.74, 6) is 0.0121. The molecule has 1 aliphatic rings. The van der Waals surface area contributed by atoms with Gasteiger partial charge in [0.2, 0.25) is 0 Å². The molecule has 0 spiro atoms. The van der Waals surface area contributed by atoms with E-state index in [-0.39, 0.29) is 11.2 Å². The van der Waals surface area contributed by atoms with E-state index in [4.69, 9.17) is 0 Å². The fourth-order valence-corrected chi connectivity index (χ4v) is 3.64. The highest BCUT2D eigenvalue weighted by molar-refractivity contribution is 8.01. The largest absolute Gasteiger partial charge is 0.385 e. The minimum absolute atomic E-state index is 0.0121. The summed E-state index contributed by atoms with van der Waals surface area (Å²) < 4.78 is 0. The maximum absolute atomic E-state index is 12.8. The van der Waals surface area contributed by atoms with E-state index in [1.54, 1.807) is 11.8 Å². The van der Waals surface area contributed by atoms with Crippen LogP contribution in [0.3, 0.4) is 0 Å². The number of hydrogen-bond donors (Lipinski definition) is 1. The van der Waals surface area contributed by atoms with E-state index in [1.807, 2.05) is 61.5 Å². The van der Waals surface area contributed by atoms with Gasteiger partial charge in [0.1, 0.15) is 5.25 Å². The Labute approximate surface area is 153 Å². The normalized spacial score (nSPS) is 16.9. The van der Waals surface area contributed by atoms with E-state index in [1.165, 1.54) is 11.4 Å². The van der Waals surface area contributed by atoms with E-state index in [9.17, 15) is 4.79 Å². The van der Waals surface area contributed by atoms with Crippen LogP contribution in [0.1, 0.15) is 26.7 Å². The minimum atomic E-state index is -0.259. The number of thioether (sulfide) groups is 1. The molecule has 2 aromatic rings. The number of unbranched alkanes of at least 4 members (excludes halogenated alkanes) is 1. The first kappa shape index (κ1) is 17.5. The Kier molecular flexibility index (Phi) is 5.76. The number of hydrogen-bond acceptors (Lipinski definition) is 4. The second-order valence-electron chi connectivity index (χ2n) is 6.03. The van der Waals surface area contributed by atoms with Crippen molar-refractivity contribution in [1.29, 1.82) is 0 Å². The van der Waals surface area contributed by atoms with Gasteiger partial charge < -0.3 is 5.32 Å². The molecule has 1 atom stereocenters. The Morgan fingerprint density at radius 3 is 2.52 bits per heavy atom. The van der Waals surface area contributed by atoms with Crippen LogP contribution in [-0.4, -0.2) is 23.4 Å². The van der Waals surface area contributed by atoms with Crippen molar-refractivity contribution in [3.8, 4) is 0 Å². The highest BCUT2D eigenvalue weighted by Gasteiger charge is 2.35. The third-order valence-corrected chi connectivity index (χ3v) is 5.36. The fraction of sp³-hybridized carbons (Fsp3) is 0.300. The number of carbonyl (C=O) groups is 1. The van der Waals surface area contributed by atoms with Gasteiger partial charge in [-0.2, -0.15) is 10.1 Å². The lowest BCUT2D eigenvalue weighted by molar-refractivity contribution is -0.116. The van der Waals surface area contributed by atoms with Crippen molar-refractivity contribution in [3.05, 3.63) is 54.6 Å². The lowest BCUT2D eigenvalue weighted by Gasteiger charge is -2.15. The molecule has 0 bridgehead atoms. The molecule has 1 amide bonds. The van der Waals surface area contributed by atoms with Gasteiger partial charge in [-0.25, -0.2) is 0 Å². The molecule has 1 unspecified atom stereocenters. The molecule has 0 radical (unpaired) electrons. The second kappa shape index (κ2) is 8.21. The number of rotatable bonds is 7. The summed E-state index contributed by atoms with van der Waals surface area (Å²) in [5.41, 5.74) is 2.71. The molecule has 4 nitrogen and oxygen atoms in total. The first-order valence-electron chi connectivity index (χ1n) is 8.63. The Bertz CT molecular complexity index is 743. The monoisotopic (exact) mass is 353 g/mol. The minimum Gasteiger partial charge on any atom is -0.385 e. The van der Waals surface area contributed by atoms with Gasteiger partial charge in [0.25, 0.3) is 5.91 Å². The van der Waals surface area contributed by atoms with Crippen molar-refractivity contribution >= 4 is 34.8 Å². The number of carbonyl (C=O) groups excluding carboxylic acids is 1. The van der Waals surface area contributed by atoms with E-state index in [0.717, 1.165) is 34.9 Å². The van der Waals surface area contributed by atoms with Gasteiger partial charge in [0.15, 0.2) is 0 Å². The van der Waals surface area contributed by atoms with Gasteiger partial charge in [0, 0.05) is 17.1 Å². The average molecular weight is 353 g/mol. The predicted molar refractivity (Wildman–Crippen MR) is 107 cm³/mol. The quantitative estimate of drug-likeness (QED) is 0.729. The third-order valence-electron chi connectivity index (χ3n) is 4.04. The molecule has 0 fully saturated rings. The van der Waals surface area contributed by atoms with Crippen LogP contribution in [0.25, 0.3) is 0 Å². The first-order valence-corrected chi connectivity index (χ1v) is 9.51. The van der Waals surface area contributed by atoms with Crippen LogP contribution in [-0.2, 0) is 4.79 Å². The zero-order valence-corrected chi connectivity index (χ0v) is 15.4. The molecule has 130 valence electrons. The van der Waals surface area contributed by atoms with Crippen molar-refractivity contribution in [2.45, 2.75) is 36.8 Å². The van der Waals surface area contributed by atoms with Crippen molar-refractivity contribution in [3.63, 3.8) is 0 Å². The molecular formula is C20H23N3OS. The molecule has 0 saturated heterocycles. The molecule has 1 heterocycles. The van der Waals surface area contributed by atoms with Gasteiger partial charge in [-0.05, 0) is 49.7 Å². The van der Waals surface area contributed by atoms with Crippen molar-refractivity contribution < 1.29 is 4.79 Å². The highest BCUT2D eigenvalue weighted by atomic mass is 32.2. The zero-order valence-electron chi connectivity index (χ0n) is 14.6. The zero-order chi connectivity index (χ0) is 17.6. The van der Waals surface area contributed by atoms with E-state index < -0.39 is 0 Å². The molecule has 0 saturated carbocycles. The second-order valence-corrected chi connectivity index (χ2v) is 7.21.